The molecule has 2 aliphatic rings. The summed E-state index contributed by atoms with van der Waals surface area (Å²) in [6, 6.07) is 12.4. The van der Waals surface area contributed by atoms with Crippen molar-refractivity contribution in [3.63, 3.8) is 0 Å². The molecule has 4 atom stereocenters. The van der Waals surface area contributed by atoms with Gasteiger partial charge in [-0.15, -0.1) is 0 Å². The summed E-state index contributed by atoms with van der Waals surface area (Å²) in [5, 5.41) is 13.8. The van der Waals surface area contributed by atoms with Crippen molar-refractivity contribution >= 4 is 11.9 Å². The summed E-state index contributed by atoms with van der Waals surface area (Å²) >= 11 is 0. The number of carbonyl (C=O) groups is 2. The number of nitrogens with zero attached hydrogens (tertiary/aromatic N) is 1. The lowest BCUT2D eigenvalue weighted by Crippen LogP contribution is -2.49. The smallest absolute Gasteiger partial charge is 0.416 e. The van der Waals surface area contributed by atoms with Gasteiger partial charge in [-0.1, -0.05) is 88.6 Å². The third kappa shape index (κ3) is 5.75. The lowest BCUT2D eigenvalue weighted by atomic mass is 9.72. The fourth-order valence-corrected chi connectivity index (χ4v) is 6.47. The van der Waals surface area contributed by atoms with E-state index in [1.54, 1.807) is 11.0 Å². The summed E-state index contributed by atoms with van der Waals surface area (Å²) in [6.45, 7) is 5.70. The van der Waals surface area contributed by atoms with Crippen LogP contribution >= 0.6 is 0 Å². The highest BCUT2D eigenvalue weighted by atomic mass is 19.4. The molecule has 0 aromatic heterocycles. The van der Waals surface area contributed by atoms with Gasteiger partial charge in [0.2, 0.25) is 5.91 Å². The lowest BCUT2D eigenvalue weighted by Gasteiger charge is -2.36. The summed E-state index contributed by atoms with van der Waals surface area (Å²) in [7, 11) is 0. The molecule has 1 aliphatic heterocycles. The first-order valence-electron chi connectivity index (χ1n) is 13.4. The first-order chi connectivity index (χ1) is 17.9. The highest BCUT2D eigenvalue weighted by Gasteiger charge is 2.58. The van der Waals surface area contributed by atoms with E-state index in [2.05, 4.69) is 5.32 Å². The number of aliphatic carboxylic acids is 1. The van der Waals surface area contributed by atoms with Crippen molar-refractivity contribution in [2.45, 2.75) is 83.7 Å². The molecule has 5 nitrogen and oxygen atoms in total. The zero-order valence-corrected chi connectivity index (χ0v) is 22.2. The van der Waals surface area contributed by atoms with Crippen LogP contribution < -0.4 is 5.32 Å². The number of amides is 1. The summed E-state index contributed by atoms with van der Waals surface area (Å²) in [5.74, 6) is -2.05. The summed E-state index contributed by atoms with van der Waals surface area (Å²) in [5.41, 5.74) is -0.419. The molecule has 38 heavy (non-hydrogen) atoms. The van der Waals surface area contributed by atoms with Gasteiger partial charge in [-0.05, 0) is 35.4 Å². The van der Waals surface area contributed by atoms with Crippen molar-refractivity contribution in [1.29, 1.82) is 0 Å². The molecule has 0 unspecified atom stereocenters. The zero-order chi connectivity index (χ0) is 27.7. The monoisotopic (exact) mass is 530 g/mol. The van der Waals surface area contributed by atoms with Gasteiger partial charge in [0.05, 0.1) is 11.6 Å². The highest BCUT2D eigenvalue weighted by Crippen LogP contribution is 2.49. The maximum Gasteiger partial charge on any atom is 0.416 e. The second-order valence-corrected chi connectivity index (χ2v) is 11.7. The van der Waals surface area contributed by atoms with Gasteiger partial charge in [0, 0.05) is 24.4 Å². The number of hydrogen-bond acceptors (Lipinski definition) is 3. The molecule has 8 heteroatoms. The Labute approximate surface area is 222 Å². The molecule has 4 rings (SSSR count). The number of alkyl halides is 3. The number of hydrogen-bond donors (Lipinski definition) is 2. The van der Waals surface area contributed by atoms with Crippen LogP contribution in [0.25, 0.3) is 0 Å². The number of halogens is 3. The Balaban J connectivity index is 1.81. The fraction of sp³-hybridized carbons (Fsp3) is 0.533. The molecule has 2 aromatic carbocycles. The molecule has 1 aliphatic carbocycles. The van der Waals surface area contributed by atoms with E-state index in [0.717, 1.165) is 43.7 Å². The van der Waals surface area contributed by atoms with Gasteiger partial charge >= 0.3 is 12.1 Å². The van der Waals surface area contributed by atoms with E-state index in [4.69, 9.17) is 0 Å². The van der Waals surface area contributed by atoms with Gasteiger partial charge in [0.25, 0.3) is 0 Å². The maximum atomic E-state index is 14.1. The fourth-order valence-electron chi connectivity index (χ4n) is 6.47. The Morgan fingerprint density at radius 3 is 2.13 bits per heavy atom. The number of likely N-dealkylation sites (tertiary alicyclic amines) is 1. The third-order valence-corrected chi connectivity index (χ3v) is 8.12. The molecule has 2 aromatic rings. The second-order valence-electron chi connectivity index (χ2n) is 11.7. The topological polar surface area (TPSA) is 69.6 Å². The third-order valence-electron chi connectivity index (χ3n) is 8.12. The van der Waals surface area contributed by atoms with E-state index >= 15 is 0 Å². The standard InChI is InChI=1S/C30H37F3N2O3/c1-29(2,3)23-24(34-18-21-16-10-11-17-22(21)30(31,32)33)25(19-12-6-4-7-13-19)35(26(23)28(37)38)27(36)20-14-8-5-9-15-20/h4,6-7,10-13,16-17,20,23-26,34H,5,8-9,14-15,18H2,1-3H3,(H,37,38)/t23-,24-,25-,26-/m1/s1. The molecule has 0 spiro atoms. The normalized spacial score (nSPS) is 24.9. The average Bonchev–Trinajstić information content (AvgIpc) is 3.24. The van der Waals surface area contributed by atoms with Gasteiger partial charge in [-0.2, -0.15) is 13.2 Å². The quantitative estimate of drug-likeness (QED) is 0.451. The highest BCUT2D eigenvalue weighted by molar-refractivity contribution is 5.87. The zero-order valence-electron chi connectivity index (χ0n) is 22.2. The number of benzene rings is 2. The Hall–Kier alpha value is -2.87. The van der Waals surface area contributed by atoms with Gasteiger partial charge in [0.15, 0.2) is 0 Å². The maximum absolute atomic E-state index is 14.1. The van der Waals surface area contributed by atoms with E-state index < -0.39 is 47.2 Å². The Bertz CT molecular complexity index is 1120. The average molecular weight is 531 g/mol. The second kappa shape index (κ2) is 11.1. The molecule has 1 saturated carbocycles. The van der Waals surface area contributed by atoms with E-state index in [0.29, 0.717) is 0 Å². The van der Waals surface area contributed by atoms with E-state index in [1.807, 2.05) is 51.1 Å². The Kier molecular flexibility index (Phi) is 8.21. The number of nitrogens with one attached hydrogen (secondary N) is 1. The van der Waals surface area contributed by atoms with Crippen LogP contribution in [0.4, 0.5) is 13.2 Å². The molecule has 2 fully saturated rings. The largest absolute Gasteiger partial charge is 0.480 e. The number of rotatable bonds is 6. The van der Waals surface area contributed by atoms with Crippen molar-refractivity contribution in [3.8, 4) is 0 Å². The molecule has 1 amide bonds. The van der Waals surface area contributed by atoms with Crippen molar-refractivity contribution in [3.05, 3.63) is 71.3 Å². The predicted octanol–water partition coefficient (Wildman–Crippen LogP) is 6.44. The van der Waals surface area contributed by atoms with Gasteiger partial charge in [0.1, 0.15) is 6.04 Å². The van der Waals surface area contributed by atoms with Gasteiger partial charge in [-0.3, -0.25) is 4.79 Å². The number of carbonyl (C=O) groups excluding carboxylic acids is 1. The van der Waals surface area contributed by atoms with E-state index in [1.165, 1.54) is 12.1 Å². The van der Waals surface area contributed by atoms with Gasteiger partial charge in [-0.25, -0.2) is 4.79 Å². The summed E-state index contributed by atoms with van der Waals surface area (Å²) in [6.07, 6.45) is -0.154. The molecule has 206 valence electrons. The number of carboxylic acids is 1. The van der Waals surface area contributed by atoms with Crippen LogP contribution in [0.2, 0.25) is 0 Å². The molecule has 2 N–H and O–H groups in total. The van der Waals surface area contributed by atoms with Crippen LogP contribution in [0.5, 0.6) is 0 Å². The van der Waals surface area contributed by atoms with Crippen molar-refractivity contribution in [2.24, 2.45) is 17.3 Å². The van der Waals surface area contributed by atoms with Crippen LogP contribution in [0.1, 0.15) is 75.6 Å². The van der Waals surface area contributed by atoms with Crippen LogP contribution in [0.15, 0.2) is 54.6 Å². The molecular formula is C30H37F3N2O3. The van der Waals surface area contributed by atoms with Crippen LogP contribution in [0.3, 0.4) is 0 Å². The Morgan fingerprint density at radius 1 is 0.947 bits per heavy atom. The van der Waals surface area contributed by atoms with Crippen molar-refractivity contribution < 1.29 is 27.9 Å². The minimum Gasteiger partial charge on any atom is -0.480 e. The minimum absolute atomic E-state index is 0.0865. The Morgan fingerprint density at radius 2 is 1.55 bits per heavy atom. The molecule has 1 heterocycles. The first-order valence-corrected chi connectivity index (χ1v) is 13.4. The van der Waals surface area contributed by atoms with Crippen LogP contribution in [-0.2, 0) is 22.3 Å². The summed E-state index contributed by atoms with van der Waals surface area (Å²) in [4.78, 5) is 28.5. The van der Waals surface area contributed by atoms with Gasteiger partial charge < -0.3 is 15.3 Å². The SMILES string of the molecule is CC(C)(C)[C@@H]1[C@@H](NCc2ccccc2C(F)(F)F)[C@@H](c2ccccc2)N(C(=O)C2CCCCC2)[C@H]1C(=O)O. The van der Waals surface area contributed by atoms with Crippen LogP contribution in [-0.4, -0.2) is 34.0 Å². The minimum atomic E-state index is -4.51. The first kappa shape index (κ1) is 28.1. The van der Waals surface area contributed by atoms with E-state index in [9.17, 15) is 27.9 Å². The lowest BCUT2D eigenvalue weighted by molar-refractivity contribution is -0.154. The number of carboxylic acid groups (broad SMARTS) is 1. The van der Waals surface area contributed by atoms with Crippen LogP contribution in [0, 0.1) is 17.3 Å². The molecule has 1 saturated heterocycles. The molecular weight excluding hydrogens is 493 g/mol. The molecule has 0 bridgehead atoms. The van der Waals surface area contributed by atoms with E-state index in [-0.39, 0.29) is 23.9 Å². The molecule has 0 radical (unpaired) electrons. The predicted molar refractivity (Wildman–Crippen MR) is 139 cm³/mol. The van der Waals surface area contributed by atoms with Crippen molar-refractivity contribution in [2.75, 3.05) is 0 Å². The van der Waals surface area contributed by atoms with Crippen molar-refractivity contribution in [1.82, 2.24) is 10.2 Å². The summed E-state index contributed by atoms with van der Waals surface area (Å²) < 4.78 is 41.2.